The van der Waals surface area contributed by atoms with E-state index in [9.17, 15) is 9.59 Å². The van der Waals surface area contributed by atoms with Crippen molar-refractivity contribution >= 4 is 11.9 Å². The van der Waals surface area contributed by atoms with Gasteiger partial charge in [0.2, 0.25) is 5.91 Å². The summed E-state index contributed by atoms with van der Waals surface area (Å²) in [6.07, 6.45) is 2.66. The normalized spacial score (nSPS) is 9.47. The Labute approximate surface area is 90.7 Å². The molecule has 0 aromatic heterocycles. The molecule has 15 heavy (non-hydrogen) atoms. The number of hydrogen-bond donors (Lipinski definition) is 1. The summed E-state index contributed by atoms with van der Waals surface area (Å²) in [6, 6.07) is 0. The fourth-order valence-corrected chi connectivity index (χ4v) is 0.956. The summed E-state index contributed by atoms with van der Waals surface area (Å²) in [5.41, 5.74) is 0.424. The molecular formula is C11H19NO3. The van der Waals surface area contributed by atoms with Crippen molar-refractivity contribution in [3.8, 4) is 0 Å². The molecule has 0 spiro atoms. The van der Waals surface area contributed by atoms with Crippen LogP contribution in [-0.4, -0.2) is 25.0 Å². The van der Waals surface area contributed by atoms with Crippen molar-refractivity contribution < 1.29 is 14.3 Å². The summed E-state index contributed by atoms with van der Waals surface area (Å²) in [5, 5.41) is 2.70. The van der Waals surface area contributed by atoms with Gasteiger partial charge in [-0.1, -0.05) is 6.58 Å². The highest BCUT2D eigenvalue weighted by atomic mass is 16.5. The van der Waals surface area contributed by atoms with Crippen molar-refractivity contribution in [2.24, 2.45) is 0 Å². The number of amides is 1. The van der Waals surface area contributed by atoms with Gasteiger partial charge in [-0.25, -0.2) is 4.79 Å². The zero-order chi connectivity index (χ0) is 11.7. The molecule has 0 saturated heterocycles. The topological polar surface area (TPSA) is 55.4 Å². The first-order valence-corrected chi connectivity index (χ1v) is 5.11. The highest BCUT2D eigenvalue weighted by Gasteiger charge is 2.01. The van der Waals surface area contributed by atoms with Crippen molar-refractivity contribution in [3.05, 3.63) is 12.2 Å². The van der Waals surface area contributed by atoms with Gasteiger partial charge >= 0.3 is 5.97 Å². The number of carbonyl (C=O) groups excluding carboxylic acids is 2. The average molecular weight is 213 g/mol. The van der Waals surface area contributed by atoms with Crippen molar-refractivity contribution in [1.82, 2.24) is 5.32 Å². The van der Waals surface area contributed by atoms with Crippen LogP contribution in [0.25, 0.3) is 0 Å². The lowest BCUT2D eigenvalue weighted by Crippen LogP contribution is -2.20. The molecule has 0 aliphatic carbocycles. The number of unbranched alkanes of at least 4 members (excludes halogenated alkanes) is 2. The summed E-state index contributed by atoms with van der Waals surface area (Å²) < 4.78 is 4.91. The minimum absolute atomic E-state index is 0.0105. The molecule has 0 atom stereocenters. The van der Waals surface area contributed by atoms with Crippen LogP contribution in [0.3, 0.4) is 0 Å². The van der Waals surface area contributed by atoms with Crippen LogP contribution >= 0.6 is 0 Å². The van der Waals surface area contributed by atoms with Crippen molar-refractivity contribution in [3.63, 3.8) is 0 Å². The summed E-state index contributed by atoms with van der Waals surface area (Å²) >= 11 is 0. The van der Waals surface area contributed by atoms with Crippen LogP contribution in [0.4, 0.5) is 0 Å². The third-order valence-corrected chi connectivity index (χ3v) is 1.78. The molecule has 1 N–H and O–H groups in total. The van der Waals surface area contributed by atoms with Gasteiger partial charge in [-0.05, 0) is 26.2 Å². The average Bonchev–Trinajstić information content (AvgIpc) is 2.15. The summed E-state index contributed by atoms with van der Waals surface area (Å²) in [6.45, 7) is 7.71. The second-order valence-corrected chi connectivity index (χ2v) is 3.46. The maximum atomic E-state index is 10.9. The number of rotatable bonds is 7. The Bertz CT molecular complexity index is 236. The first-order chi connectivity index (χ1) is 7.04. The quantitative estimate of drug-likeness (QED) is 0.395. The molecule has 0 heterocycles. The molecule has 0 rings (SSSR count). The number of ether oxygens (including phenoxy) is 1. The number of nitrogens with one attached hydrogen (secondary N) is 1. The van der Waals surface area contributed by atoms with E-state index in [4.69, 9.17) is 4.74 Å². The molecule has 4 heteroatoms. The predicted molar refractivity (Wildman–Crippen MR) is 58.3 cm³/mol. The van der Waals surface area contributed by atoms with Crippen molar-refractivity contribution in [2.45, 2.75) is 33.1 Å². The van der Waals surface area contributed by atoms with Crippen LogP contribution in [0.5, 0.6) is 0 Å². The number of carbonyl (C=O) groups is 2. The molecule has 0 aromatic carbocycles. The van der Waals surface area contributed by atoms with Gasteiger partial charge in [-0.2, -0.15) is 0 Å². The molecular weight excluding hydrogens is 194 g/mol. The van der Waals surface area contributed by atoms with Gasteiger partial charge in [0.15, 0.2) is 0 Å². The molecule has 0 aliphatic heterocycles. The molecule has 0 unspecified atom stereocenters. The Morgan fingerprint density at radius 1 is 1.20 bits per heavy atom. The van der Waals surface area contributed by atoms with Crippen molar-refractivity contribution in [1.29, 1.82) is 0 Å². The third kappa shape index (κ3) is 9.00. The largest absolute Gasteiger partial charge is 0.462 e. The Balaban J connectivity index is 3.22. The summed E-state index contributed by atoms with van der Waals surface area (Å²) in [5.74, 6) is -0.347. The van der Waals surface area contributed by atoms with Gasteiger partial charge in [0.05, 0.1) is 6.61 Å². The maximum absolute atomic E-state index is 10.9. The zero-order valence-electron chi connectivity index (χ0n) is 9.47. The van der Waals surface area contributed by atoms with Crippen LogP contribution < -0.4 is 5.32 Å². The standard InChI is InChI=1S/C11H19NO3/c1-9(2)11(14)15-8-6-4-5-7-12-10(3)13/h1,4-8H2,2-3H3,(H,12,13). The zero-order valence-corrected chi connectivity index (χ0v) is 9.47. The lowest BCUT2D eigenvalue weighted by molar-refractivity contribution is -0.139. The molecule has 0 fully saturated rings. The van der Waals surface area contributed by atoms with Crippen LogP contribution in [0, 0.1) is 0 Å². The summed E-state index contributed by atoms with van der Waals surface area (Å²) in [4.78, 5) is 21.4. The van der Waals surface area contributed by atoms with Gasteiger partial charge in [-0.15, -0.1) is 0 Å². The monoisotopic (exact) mass is 213 g/mol. The summed E-state index contributed by atoms with van der Waals surface area (Å²) in [7, 11) is 0. The Kier molecular flexibility index (Phi) is 7.32. The highest BCUT2D eigenvalue weighted by molar-refractivity contribution is 5.86. The fourth-order valence-electron chi connectivity index (χ4n) is 0.956. The SMILES string of the molecule is C=C(C)C(=O)OCCCCCNC(C)=O. The van der Waals surface area contributed by atoms with Gasteiger partial charge in [0.1, 0.15) is 0 Å². The smallest absolute Gasteiger partial charge is 0.333 e. The maximum Gasteiger partial charge on any atom is 0.333 e. The van der Waals surface area contributed by atoms with Gasteiger partial charge in [0.25, 0.3) is 0 Å². The van der Waals surface area contributed by atoms with Crippen LogP contribution in [0.2, 0.25) is 0 Å². The lowest BCUT2D eigenvalue weighted by atomic mass is 10.2. The van der Waals surface area contributed by atoms with E-state index in [1.165, 1.54) is 6.92 Å². The van der Waals surface area contributed by atoms with Crippen LogP contribution in [0.15, 0.2) is 12.2 Å². The predicted octanol–water partition coefficient (Wildman–Crippen LogP) is 1.41. The third-order valence-electron chi connectivity index (χ3n) is 1.78. The molecule has 86 valence electrons. The first kappa shape index (κ1) is 13.7. The molecule has 4 nitrogen and oxygen atoms in total. The number of hydrogen-bond acceptors (Lipinski definition) is 3. The molecule has 0 aromatic rings. The van der Waals surface area contributed by atoms with Gasteiger partial charge < -0.3 is 10.1 Å². The van der Waals surface area contributed by atoms with Crippen LogP contribution in [-0.2, 0) is 14.3 Å². The molecule has 0 bridgehead atoms. The molecule has 1 amide bonds. The van der Waals surface area contributed by atoms with E-state index in [0.29, 0.717) is 18.7 Å². The van der Waals surface area contributed by atoms with E-state index in [0.717, 1.165) is 19.3 Å². The Morgan fingerprint density at radius 3 is 2.40 bits per heavy atom. The Hall–Kier alpha value is -1.32. The molecule has 0 aliphatic rings. The minimum Gasteiger partial charge on any atom is -0.462 e. The number of esters is 1. The molecule has 0 radical (unpaired) electrons. The Morgan fingerprint density at radius 2 is 1.87 bits per heavy atom. The van der Waals surface area contributed by atoms with Gasteiger partial charge in [-0.3, -0.25) is 4.79 Å². The van der Waals surface area contributed by atoms with Crippen molar-refractivity contribution in [2.75, 3.05) is 13.2 Å². The van der Waals surface area contributed by atoms with E-state index in [-0.39, 0.29) is 11.9 Å². The van der Waals surface area contributed by atoms with E-state index in [1.807, 2.05) is 0 Å². The van der Waals surface area contributed by atoms with E-state index in [2.05, 4.69) is 11.9 Å². The van der Waals surface area contributed by atoms with Gasteiger partial charge in [0, 0.05) is 19.0 Å². The van der Waals surface area contributed by atoms with E-state index >= 15 is 0 Å². The van der Waals surface area contributed by atoms with Crippen LogP contribution in [0.1, 0.15) is 33.1 Å². The van der Waals surface area contributed by atoms with E-state index < -0.39 is 0 Å². The van der Waals surface area contributed by atoms with E-state index in [1.54, 1.807) is 6.92 Å². The first-order valence-electron chi connectivity index (χ1n) is 5.11. The minimum atomic E-state index is -0.336. The lowest BCUT2D eigenvalue weighted by Gasteiger charge is -2.04. The fraction of sp³-hybridized carbons (Fsp3) is 0.636. The second kappa shape index (κ2) is 8.03. The molecule has 0 saturated carbocycles. The second-order valence-electron chi connectivity index (χ2n) is 3.46. The highest BCUT2D eigenvalue weighted by Crippen LogP contribution is 1.98.